The van der Waals surface area contributed by atoms with Gasteiger partial charge in [-0.2, -0.15) is 5.26 Å². The first-order chi connectivity index (χ1) is 21.0. The second kappa shape index (κ2) is 11.4. The number of nitrogens with zero attached hydrogens (tertiary/aromatic N) is 4. The number of likely N-dealkylation sites (N-methyl/N-ethyl adjacent to an activating group) is 1. The van der Waals surface area contributed by atoms with Crippen LogP contribution >= 0.6 is 0 Å². The van der Waals surface area contributed by atoms with Crippen LogP contribution in [-0.4, -0.2) is 79.3 Å². The van der Waals surface area contributed by atoms with Crippen LogP contribution in [0.1, 0.15) is 41.6 Å². The number of pyridine rings is 1. The molecule has 6 heterocycles. The maximum absolute atomic E-state index is 13.5. The third-order valence-corrected chi connectivity index (χ3v) is 9.22. The molecular weight excluding hydrogens is 542 g/mol. The largest absolute Gasteiger partial charge is 0.496 e. The summed E-state index contributed by atoms with van der Waals surface area (Å²) in [6, 6.07) is 18.5. The van der Waals surface area contributed by atoms with Gasteiger partial charge in [0.1, 0.15) is 23.1 Å². The number of furan rings is 1. The zero-order chi connectivity index (χ0) is 29.5. The van der Waals surface area contributed by atoms with Crippen LogP contribution in [0, 0.1) is 11.3 Å². The van der Waals surface area contributed by atoms with Crippen LogP contribution in [0.2, 0.25) is 0 Å². The van der Waals surface area contributed by atoms with Gasteiger partial charge in [0.2, 0.25) is 0 Å². The first-order valence-corrected chi connectivity index (χ1v) is 15.0. The second-order valence-electron chi connectivity index (χ2n) is 11.8. The van der Waals surface area contributed by atoms with E-state index in [2.05, 4.69) is 28.3 Å². The van der Waals surface area contributed by atoms with Crippen molar-refractivity contribution in [2.24, 2.45) is 0 Å². The Kier molecular flexibility index (Phi) is 7.25. The minimum absolute atomic E-state index is 0.0456. The summed E-state index contributed by atoms with van der Waals surface area (Å²) in [5.74, 6) is 1.22. The number of nitriles is 1. The lowest BCUT2D eigenvalue weighted by Crippen LogP contribution is -2.62. The Morgan fingerprint density at radius 1 is 1.02 bits per heavy atom. The number of nitrogens with one attached hydrogen (secondary N) is 1. The number of piperidine rings is 2. The van der Waals surface area contributed by atoms with E-state index >= 15 is 0 Å². The molecular formula is C34H35N5O4. The van der Waals surface area contributed by atoms with E-state index in [1.807, 2.05) is 53.4 Å². The number of fused-ring (bicyclic) bond motifs is 4. The van der Waals surface area contributed by atoms with Crippen molar-refractivity contribution in [3.05, 3.63) is 65.9 Å². The predicted octanol–water partition coefficient (Wildman–Crippen LogP) is 5.55. The number of rotatable bonds is 6. The van der Waals surface area contributed by atoms with Crippen molar-refractivity contribution in [2.75, 3.05) is 45.8 Å². The zero-order valence-corrected chi connectivity index (χ0v) is 24.5. The van der Waals surface area contributed by atoms with Gasteiger partial charge >= 0.3 is 0 Å². The highest BCUT2D eigenvalue weighted by molar-refractivity contribution is 5.97. The molecule has 0 spiro atoms. The van der Waals surface area contributed by atoms with Gasteiger partial charge in [0.15, 0.2) is 5.58 Å². The Hall–Kier alpha value is -4.39. The molecule has 0 saturated carbocycles. The third-order valence-electron chi connectivity index (χ3n) is 9.22. The van der Waals surface area contributed by atoms with Crippen LogP contribution in [-0.2, 0) is 4.74 Å². The summed E-state index contributed by atoms with van der Waals surface area (Å²) in [5, 5.41) is 13.5. The van der Waals surface area contributed by atoms with E-state index in [-0.39, 0.29) is 11.9 Å². The minimum atomic E-state index is 0.0456. The average molecular weight is 578 g/mol. The summed E-state index contributed by atoms with van der Waals surface area (Å²) in [6.45, 7) is 3.15. The number of hydrogen-bond donors (Lipinski definition) is 1. The molecule has 9 heteroatoms. The molecule has 4 aliphatic rings. The van der Waals surface area contributed by atoms with Gasteiger partial charge in [0.05, 0.1) is 23.9 Å². The lowest BCUT2D eigenvalue weighted by Gasteiger charge is -2.50. The number of amides is 1. The number of aromatic nitrogens is 1. The standard InChI is InChI=1S/C34H35N5O4/c1-38-19-26-6-5-25(38)20-39(26)34(40)22-3-7-28(31(16-22)41-2)32-17-30-33(43-32)27(9-12-36-30)21-4-8-29(23(15-21)18-35)37-24-10-13-42-14-11-24/h3-4,7-9,12,15-17,24-26,37H,5-6,10-11,13-14,19-20H2,1-2H3. The highest BCUT2D eigenvalue weighted by Crippen LogP contribution is 2.39. The molecule has 2 unspecified atom stereocenters. The van der Waals surface area contributed by atoms with Gasteiger partial charge in [-0.05, 0) is 74.7 Å². The molecule has 2 atom stereocenters. The van der Waals surface area contributed by atoms with Crippen LogP contribution in [0.25, 0.3) is 33.6 Å². The number of piperazine rings is 1. The zero-order valence-electron chi connectivity index (χ0n) is 24.5. The summed E-state index contributed by atoms with van der Waals surface area (Å²) >= 11 is 0. The highest BCUT2D eigenvalue weighted by atomic mass is 16.5. The van der Waals surface area contributed by atoms with Crippen molar-refractivity contribution >= 4 is 22.7 Å². The predicted molar refractivity (Wildman–Crippen MR) is 164 cm³/mol. The number of hydrogen-bond acceptors (Lipinski definition) is 8. The Labute approximate surface area is 251 Å². The van der Waals surface area contributed by atoms with Crippen molar-refractivity contribution < 1.29 is 18.7 Å². The van der Waals surface area contributed by atoms with Gasteiger partial charge in [-0.25, -0.2) is 0 Å². The van der Waals surface area contributed by atoms with E-state index in [4.69, 9.17) is 13.9 Å². The topological polar surface area (TPSA) is 104 Å². The first-order valence-electron chi connectivity index (χ1n) is 15.0. The molecule has 4 aromatic rings. The molecule has 43 heavy (non-hydrogen) atoms. The van der Waals surface area contributed by atoms with Crippen LogP contribution < -0.4 is 10.1 Å². The summed E-state index contributed by atoms with van der Waals surface area (Å²) < 4.78 is 17.7. The smallest absolute Gasteiger partial charge is 0.254 e. The van der Waals surface area contributed by atoms with Crippen molar-refractivity contribution in [1.29, 1.82) is 5.26 Å². The Morgan fingerprint density at radius 2 is 1.86 bits per heavy atom. The lowest BCUT2D eigenvalue weighted by atomic mass is 9.90. The number of carbonyl (C=O) groups excluding carboxylic acids is 1. The fourth-order valence-electron chi connectivity index (χ4n) is 6.77. The summed E-state index contributed by atoms with van der Waals surface area (Å²) in [7, 11) is 3.75. The van der Waals surface area contributed by atoms with Crippen molar-refractivity contribution in [3.63, 3.8) is 0 Å². The van der Waals surface area contributed by atoms with Crippen LogP contribution in [0.15, 0.2) is 59.1 Å². The molecule has 2 aromatic carbocycles. The van der Waals surface area contributed by atoms with Crippen molar-refractivity contribution in [2.45, 2.75) is 43.8 Å². The molecule has 0 radical (unpaired) electrons. The highest BCUT2D eigenvalue weighted by Gasteiger charge is 2.39. The maximum Gasteiger partial charge on any atom is 0.254 e. The quantitative estimate of drug-likeness (QED) is 0.318. The number of anilines is 1. The van der Waals surface area contributed by atoms with Gasteiger partial charge in [-0.15, -0.1) is 0 Å². The molecule has 2 bridgehead atoms. The third kappa shape index (κ3) is 5.11. The van der Waals surface area contributed by atoms with E-state index in [1.54, 1.807) is 13.3 Å². The number of benzene rings is 2. The van der Waals surface area contributed by atoms with Crippen molar-refractivity contribution in [3.8, 4) is 34.3 Å². The van der Waals surface area contributed by atoms with E-state index in [1.165, 1.54) is 0 Å². The van der Waals surface area contributed by atoms with E-state index in [0.29, 0.717) is 45.8 Å². The molecule has 0 aliphatic carbocycles. The van der Waals surface area contributed by atoms with E-state index in [0.717, 1.165) is 74.4 Å². The van der Waals surface area contributed by atoms with Gasteiger partial charge in [-0.1, -0.05) is 6.07 Å². The number of ether oxygens (including phenoxy) is 2. The lowest BCUT2D eigenvalue weighted by molar-refractivity contribution is -0.000103. The average Bonchev–Trinajstić information content (AvgIpc) is 3.49. The molecule has 4 saturated heterocycles. The maximum atomic E-state index is 13.5. The van der Waals surface area contributed by atoms with Gasteiger partial charge < -0.3 is 24.1 Å². The van der Waals surface area contributed by atoms with Crippen molar-refractivity contribution in [1.82, 2.24) is 14.8 Å². The van der Waals surface area contributed by atoms with Gasteiger partial charge in [0.25, 0.3) is 5.91 Å². The Morgan fingerprint density at radius 3 is 2.60 bits per heavy atom. The minimum Gasteiger partial charge on any atom is -0.496 e. The number of methoxy groups -OCH3 is 1. The SMILES string of the molecule is COc1cc(C(=O)N2CC3CCC2CN3C)ccc1-c1cc2nccc(-c3ccc(NC4CCOCC4)c(C#N)c3)c2o1. The van der Waals surface area contributed by atoms with Gasteiger partial charge in [-0.3, -0.25) is 14.7 Å². The fraction of sp³-hybridized carbons (Fsp3) is 0.382. The molecule has 4 fully saturated rings. The number of carbonyl (C=O) groups is 1. The molecule has 9 nitrogen and oxygen atoms in total. The molecule has 1 N–H and O–H groups in total. The molecule has 8 rings (SSSR count). The molecule has 4 aliphatic heterocycles. The molecule has 1 amide bonds. The summed E-state index contributed by atoms with van der Waals surface area (Å²) in [6.07, 6.45) is 5.78. The van der Waals surface area contributed by atoms with Crippen LogP contribution in [0.5, 0.6) is 5.75 Å². The molecule has 2 aromatic heterocycles. The fourth-order valence-corrected chi connectivity index (χ4v) is 6.77. The summed E-state index contributed by atoms with van der Waals surface area (Å²) in [4.78, 5) is 22.5. The normalized spacial score (nSPS) is 20.7. The monoisotopic (exact) mass is 577 g/mol. The van der Waals surface area contributed by atoms with Crippen LogP contribution in [0.3, 0.4) is 0 Å². The Balaban J connectivity index is 1.18. The summed E-state index contributed by atoms with van der Waals surface area (Å²) in [5.41, 5.74) is 5.82. The van der Waals surface area contributed by atoms with E-state index < -0.39 is 0 Å². The second-order valence-corrected chi connectivity index (χ2v) is 11.8. The molecule has 220 valence electrons. The Bertz CT molecular complexity index is 1720. The van der Waals surface area contributed by atoms with Crippen LogP contribution in [0.4, 0.5) is 5.69 Å². The van der Waals surface area contributed by atoms with Gasteiger partial charge in [0, 0.05) is 67.8 Å². The first kappa shape index (κ1) is 27.4. The van der Waals surface area contributed by atoms with E-state index in [9.17, 15) is 10.1 Å².